The molecule has 0 spiro atoms. The number of benzene rings is 2. The summed E-state index contributed by atoms with van der Waals surface area (Å²) in [7, 11) is 0. The molecule has 0 atom stereocenters. The van der Waals surface area contributed by atoms with Gasteiger partial charge in [-0.1, -0.05) is 26.0 Å². The van der Waals surface area contributed by atoms with Crippen LogP contribution in [0.5, 0.6) is 34.5 Å². The third-order valence-electron chi connectivity index (χ3n) is 4.38. The largest absolute Gasteiger partial charge is 0.504 e. The van der Waals surface area contributed by atoms with E-state index < -0.39 is 0 Å². The number of phenols is 2. The van der Waals surface area contributed by atoms with Crippen molar-refractivity contribution in [1.82, 2.24) is 0 Å². The normalized spacial score (nSPS) is 13.5. The molecule has 0 bridgehead atoms. The van der Waals surface area contributed by atoms with E-state index in [1.54, 1.807) is 12.1 Å². The third kappa shape index (κ3) is 1.64. The fourth-order valence-corrected chi connectivity index (χ4v) is 3.22. The molecule has 4 rings (SSSR count). The first-order chi connectivity index (χ1) is 10.4. The summed E-state index contributed by atoms with van der Waals surface area (Å²) in [5.74, 6) is 2.91. The standard InChI is InChI=1S/C18H16O4/c1-4-5-9-8-12(20)16-17(22-16)13(9)18(2,3)10-6-7-11(19)15-14(10)21-15/h4,6-8,19-20H,1,5H2,2-3H3. The molecule has 22 heavy (non-hydrogen) atoms. The van der Waals surface area contributed by atoms with Crippen molar-refractivity contribution in [1.29, 1.82) is 0 Å². The first kappa shape index (κ1) is 13.1. The van der Waals surface area contributed by atoms with E-state index in [2.05, 4.69) is 20.4 Å². The van der Waals surface area contributed by atoms with E-state index in [4.69, 9.17) is 9.47 Å². The second kappa shape index (κ2) is 3.97. The predicted molar refractivity (Wildman–Crippen MR) is 82.4 cm³/mol. The van der Waals surface area contributed by atoms with Crippen LogP contribution in [0.25, 0.3) is 0 Å². The highest BCUT2D eigenvalue weighted by molar-refractivity contribution is 5.75. The van der Waals surface area contributed by atoms with Crippen LogP contribution in [-0.2, 0) is 11.8 Å². The van der Waals surface area contributed by atoms with Gasteiger partial charge < -0.3 is 19.7 Å². The van der Waals surface area contributed by atoms with Crippen LogP contribution in [0, 0.1) is 0 Å². The minimum atomic E-state index is -0.374. The van der Waals surface area contributed by atoms with Crippen molar-refractivity contribution < 1.29 is 19.7 Å². The van der Waals surface area contributed by atoms with E-state index in [0.29, 0.717) is 17.9 Å². The molecule has 2 N–H and O–H groups in total. The molecule has 4 nitrogen and oxygen atoms in total. The molecule has 2 aromatic rings. The molecule has 2 heterocycles. The van der Waals surface area contributed by atoms with Crippen molar-refractivity contribution in [2.24, 2.45) is 0 Å². The fraction of sp³-hybridized carbons (Fsp3) is 0.222. The molecule has 0 aliphatic carbocycles. The van der Waals surface area contributed by atoms with Crippen LogP contribution in [0.1, 0.15) is 30.5 Å². The number of phenolic OH excluding ortho intramolecular Hbond substituents is 2. The van der Waals surface area contributed by atoms with Crippen LogP contribution in [0.2, 0.25) is 0 Å². The topological polar surface area (TPSA) is 65.5 Å². The molecule has 0 unspecified atom stereocenters. The van der Waals surface area contributed by atoms with E-state index in [1.165, 1.54) is 0 Å². The molecule has 0 fully saturated rings. The first-order valence-corrected chi connectivity index (χ1v) is 7.17. The average Bonchev–Trinajstić information content (AvgIpc) is 3.32. The van der Waals surface area contributed by atoms with E-state index in [1.807, 2.05) is 12.1 Å². The van der Waals surface area contributed by atoms with Gasteiger partial charge in [-0.3, -0.25) is 0 Å². The quantitative estimate of drug-likeness (QED) is 0.433. The van der Waals surface area contributed by atoms with Crippen LogP contribution < -0.4 is 9.47 Å². The van der Waals surface area contributed by atoms with Crippen LogP contribution in [0.15, 0.2) is 30.9 Å². The molecular weight excluding hydrogens is 280 g/mol. The third-order valence-corrected chi connectivity index (χ3v) is 4.38. The molecule has 0 radical (unpaired) electrons. The molecule has 2 aliphatic heterocycles. The van der Waals surface area contributed by atoms with Crippen molar-refractivity contribution in [3.63, 3.8) is 0 Å². The zero-order valence-corrected chi connectivity index (χ0v) is 12.4. The zero-order chi connectivity index (χ0) is 15.6. The number of rotatable bonds is 4. The Morgan fingerprint density at radius 3 is 2.45 bits per heavy atom. The number of hydrogen-bond donors (Lipinski definition) is 2. The Morgan fingerprint density at radius 1 is 1.05 bits per heavy atom. The fourth-order valence-electron chi connectivity index (χ4n) is 3.22. The van der Waals surface area contributed by atoms with E-state index in [9.17, 15) is 10.2 Å². The predicted octanol–water partition coefficient (Wildman–Crippen LogP) is 4.36. The molecule has 0 aromatic heterocycles. The van der Waals surface area contributed by atoms with Gasteiger partial charge in [0, 0.05) is 16.5 Å². The number of ether oxygens (including phenoxy) is 2. The van der Waals surface area contributed by atoms with Gasteiger partial charge in [-0.15, -0.1) is 6.58 Å². The molecule has 0 saturated heterocycles. The molecule has 4 heteroatoms. The Hall–Kier alpha value is -2.62. The summed E-state index contributed by atoms with van der Waals surface area (Å²) >= 11 is 0. The van der Waals surface area contributed by atoms with Gasteiger partial charge >= 0.3 is 0 Å². The van der Waals surface area contributed by atoms with Crippen molar-refractivity contribution in [2.75, 3.05) is 0 Å². The smallest absolute Gasteiger partial charge is 0.212 e. The van der Waals surface area contributed by atoms with Gasteiger partial charge in [-0.05, 0) is 24.1 Å². The minimum Gasteiger partial charge on any atom is -0.504 e. The van der Waals surface area contributed by atoms with Gasteiger partial charge in [0.05, 0.1) is 0 Å². The van der Waals surface area contributed by atoms with E-state index in [-0.39, 0.29) is 16.9 Å². The summed E-state index contributed by atoms with van der Waals surface area (Å²) in [5, 5.41) is 19.6. The van der Waals surface area contributed by atoms with Gasteiger partial charge in [0.25, 0.3) is 0 Å². The minimum absolute atomic E-state index is 0.165. The average molecular weight is 296 g/mol. The lowest BCUT2D eigenvalue weighted by molar-refractivity contribution is 0.463. The van der Waals surface area contributed by atoms with Gasteiger partial charge in [-0.2, -0.15) is 0 Å². The maximum Gasteiger partial charge on any atom is 0.212 e. The Morgan fingerprint density at radius 2 is 1.73 bits per heavy atom. The lowest BCUT2D eigenvalue weighted by atomic mass is 9.75. The molecule has 2 aromatic carbocycles. The Balaban J connectivity index is 1.90. The molecular formula is C18H16O4. The second-order valence-electron chi connectivity index (χ2n) is 6.20. The number of fused-ring (bicyclic) bond motifs is 2. The maximum absolute atomic E-state index is 9.92. The summed E-state index contributed by atoms with van der Waals surface area (Å²) in [5.41, 5.74) is 2.63. The Bertz CT molecular complexity index is 834. The van der Waals surface area contributed by atoms with Gasteiger partial charge in [-0.25, -0.2) is 0 Å². The van der Waals surface area contributed by atoms with Crippen LogP contribution in [-0.4, -0.2) is 10.2 Å². The maximum atomic E-state index is 9.92. The summed E-state index contributed by atoms with van der Waals surface area (Å²) < 4.78 is 10.9. The first-order valence-electron chi connectivity index (χ1n) is 7.17. The Labute approximate surface area is 128 Å². The number of allylic oxidation sites excluding steroid dienone is 1. The van der Waals surface area contributed by atoms with Crippen LogP contribution in [0.4, 0.5) is 0 Å². The van der Waals surface area contributed by atoms with Crippen molar-refractivity contribution in [3.8, 4) is 34.5 Å². The lowest BCUT2D eigenvalue weighted by Gasteiger charge is -2.26. The Kier molecular flexibility index (Phi) is 2.36. The molecule has 112 valence electrons. The monoisotopic (exact) mass is 296 g/mol. The van der Waals surface area contributed by atoms with Crippen molar-refractivity contribution in [2.45, 2.75) is 25.7 Å². The highest BCUT2D eigenvalue weighted by atomic mass is 16.6. The number of hydrogen-bond acceptors (Lipinski definition) is 4. The summed E-state index contributed by atoms with van der Waals surface area (Å²) in [6, 6.07) is 5.26. The van der Waals surface area contributed by atoms with E-state index in [0.717, 1.165) is 28.2 Å². The van der Waals surface area contributed by atoms with Crippen LogP contribution in [0.3, 0.4) is 0 Å². The summed E-state index contributed by atoms with van der Waals surface area (Å²) in [6.45, 7) is 7.96. The van der Waals surface area contributed by atoms with Crippen LogP contribution >= 0.6 is 0 Å². The zero-order valence-electron chi connectivity index (χ0n) is 12.4. The number of aromatic hydroxyl groups is 2. The van der Waals surface area contributed by atoms with Gasteiger partial charge in [0.15, 0.2) is 23.0 Å². The second-order valence-corrected chi connectivity index (χ2v) is 6.20. The summed E-state index contributed by atoms with van der Waals surface area (Å²) in [4.78, 5) is 0. The van der Waals surface area contributed by atoms with Gasteiger partial charge in [0.1, 0.15) is 0 Å². The van der Waals surface area contributed by atoms with Crippen molar-refractivity contribution >= 4 is 0 Å². The highest BCUT2D eigenvalue weighted by Gasteiger charge is 2.43. The van der Waals surface area contributed by atoms with E-state index >= 15 is 0 Å². The molecule has 0 saturated carbocycles. The summed E-state index contributed by atoms with van der Waals surface area (Å²) in [6.07, 6.45) is 2.45. The highest BCUT2D eigenvalue weighted by Crippen LogP contribution is 2.63. The molecule has 0 amide bonds. The SMILES string of the molecule is C=CCc1cc(O)c2c(c1C(C)(C)c1ccc(O)c3c1O3)O2. The lowest BCUT2D eigenvalue weighted by Crippen LogP contribution is -2.19. The molecule has 2 aliphatic rings. The van der Waals surface area contributed by atoms with Gasteiger partial charge in [0.2, 0.25) is 11.5 Å². The van der Waals surface area contributed by atoms with Crippen molar-refractivity contribution in [3.05, 3.63) is 47.5 Å².